The lowest BCUT2D eigenvalue weighted by Crippen LogP contribution is -2.22. The first-order valence-corrected chi connectivity index (χ1v) is 7.28. The van der Waals surface area contributed by atoms with Gasteiger partial charge in [0, 0.05) is 6.04 Å². The summed E-state index contributed by atoms with van der Waals surface area (Å²) in [5, 5.41) is 3.41. The Morgan fingerprint density at radius 1 is 1.33 bits per heavy atom. The van der Waals surface area contributed by atoms with Gasteiger partial charge in [0.2, 0.25) is 0 Å². The van der Waals surface area contributed by atoms with Crippen molar-refractivity contribution in [1.82, 2.24) is 5.32 Å². The minimum Gasteiger partial charge on any atom is -0.493 e. The second-order valence-corrected chi connectivity index (χ2v) is 5.11. The van der Waals surface area contributed by atoms with E-state index in [9.17, 15) is 0 Å². The van der Waals surface area contributed by atoms with E-state index >= 15 is 0 Å². The molecule has 100 valence electrons. The second-order valence-electron chi connectivity index (χ2n) is 5.11. The predicted octanol–water partition coefficient (Wildman–Crippen LogP) is 3.85. The molecule has 18 heavy (non-hydrogen) atoms. The summed E-state index contributed by atoms with van der Waals surface area (Å²) in [5.41, 5.74) is 2.87. The van der Waals surface area contributed by atoms with Crippen molar-refractivity contribution in [3.63, 3.8) is 0 Å². The Morgan fingerprint density at radius 2 is 2.22 bits per heavy atom. The first-order chi connectivity index (χ1) is 8.86. The number of nitrogens with one attached hydrogen (secondary N) is 1. The first-order valence-electron chi connectivity index (χ1n) is 7.28. The topological polar surface area (TPSA) is 21.3 Å². The van der Waals surface area contributed by atoms with Crippen molar-refractivity contribution in [2.24, 2.45) is 0 Å². The van der Waals surface area contributed by atoms with E-state index in [1.165, 1.54) is 36.8 Å². The van der Waals surface area contributed by atoms with E-state index in [0.717, 1.165) is 25.2 Å². The molecule has 1 unspecified atom stereocenters. The van der Waals surface area contributed by atoms with Crippen molar-refractivity contribution in [3.8, 4) is 5.75 Å². The lowest BCUT2D eigenvalue weighted by atomic mass is 9.87. The SMILES string of the molecule is CCCCCOc1cccc2c1CCCC2NC. The molecule has 0 saturated carbocycles. The summed E-state index contributed by atoms with van der Waals surface area (Å²) in [6, 6.07) is 7.01. The van der Waals surface area contributed by atoms with Gasteiger partial charge in [0.05, 0.1) is 6.61 Å². The van der Waals surface area contributed by atoms with Crippen molar-refractivity contribution in [2.45, 2.75) is 51.5 Å². The Hall–Kier alpha value is -1.02. The van der Waals surface area contributed by atoms with Gasteiger partial charge in [0.25, 0.3) is 0 Å². The van der Waals surface area contributed by atoms with E-state index in [4.69, 9.17) is 4.74 Å². The minimum absolute atomic E-state index is 0.507. The van der Waals surface area contributed by atoms with Crippen molar-refractivity contribution >= 4 is 0 Å². The molecular formula is C16H25NO. The van der Waals surface area contributed by atoms with E-state index in [2.05, 4.69) is 37.5 Å². The Morgan fingerprint density at radius 3 is 3.00 bits per heavy atom. The number of unbranched alkanes of at least 4 members (excludes halogenated alkanes) is 2. The molecule has 1 aromatic carbocycles. The monoisotopic (exact) mass is 247 g/mol. The standard InChI is InChI=1S/C16H25NO/c1-3-4-5-12-18-16-11-7-8-13-14(16)9-6-10-15(13)17-2/h7-8,11,15,17H,3-6,9-10,12H2,1-2H3. The Labute approximate surface area is 111 Å². The maximum absolute atomic E-state index is 5.97. The van der Waals surface area contributed by atoms with Gasteiger partial charge in [-0.25, -0.2) is 0 Å². The van der Waals surface area contributed by atoms with Crippen LogP contribution in [0.2, 0.25) is 0 Å². The number of hydrogen-bond acceptors (Lipinski definition) is 2. The molecule has 2 rings (SSSR count). The number of benzene rings is 1. The number of rotatable bonds is 6. The van der Waals surface area contributed by atoms with Gasteiger partial charge in [-0.2, -0.15) is 0 Å². The van der Waals surface area contributed by atoms with E-state index in [1.807, 2.05) is 0 Å². The fourth-order valence-corrected chi connectivity index (χ4v) is 2.78. The van der Waals surface area contributed by atoms with Gasteiger partial charge in [0.1, 0.15) is 5.75 Å². The fraction of sp³-hybridized carbons (Fsp3) is 0.625. The Kier molecular flexibility index (Phi) is 5.06. The maximum Gasteiger partial charge on any atom is 0.122 e. The highest BCUT2D eigenvalue weighted by Gasteiger charge is 2.21. The molecule has 1 aliphatic carbocycles. The maximum atomic E-state index is 5.97. The molecule has 0 saturated heterocycles. The zero-order valence-electron chi connectivity index (χ0n) is 11.7. The van der Waals surface area contributed by atoms with Crippen molar-refractivity contribution in [2.75, 3.05) is 13.7 Å². The van der Waals surface area contributed by atoms with Crippen molar-refractivity contribution in [1.29, 1.82) is 0 Å². The van der Waals surface area contributed by atoms with E-state index < -0.39 is 0 Å². The third-order valence-corrected chi connectivity index (χ3v) is 3.82. The van der Waals surface area contributed by atoms with Crippen LogP contribution in [-0.4, -0.2) is 13.7 Å². The van der Waals surface area contributed by atoms with Gasteiger partial charge >= 0.3 is 0 Å². The molecule has 0 aromatic heterocycles. The average Bonchev–Trinajstić information content (AvgIpc) is 2.43. The lowest BCUT2D eigenvalue weighted by molar-refractivity contribution is 0.300. The molecular weight excluding hydrogens is 222 g/mol. The summed E-state index contributed by atoms with van der Waals surface area (Å²) in [7, 11) is 2.05. The van der Waals surface area contributed by atoms with Crippen LogP contribution in [0.15, 0.2) is 18.2 Å². The van der Waals surface area contributed by atoms with Gasteiger partial charge in [-0.15, -0.1) is 0 Å². The van der Waals surface area contributed by atoms with Gasteiger partial charge in [0.15, 0.2) is 0 Å². The Bertz CT molecular complexity index is 375. The molecule has 0 radical (unpaired) electrons. The highest BCUT2D eigenvalue weighted by Crippen LogP contribution is 2.35. The summed E-state index contributed by atoms with van der Waals surface area (Å²) < 4.78 is 5.97. The van der Waals surface area contributed by atoms with Crippen LogP contribution in [0.4, 0.5) is 0 Å². The van der Waals surface area contributed by atoms with Crippen LogP contribution >= 0.6 is 0 Å². The molecule has 1 aliphatic rings. The largest absolute Gasteiger partial charge is 0.493 e. The summed E-state index contributed by atoms with van der Waals surface area (Å²) in [4.78, 5) is 0. The van der Waals surface area contributed by atoms with Crippen LogP contribution in [-0.2, 0) is 6.42 Å². The van der Waals surface area contributed by atoms with Crippen LogP contribution in [0, 0.1) is 0 Å². The minimum atomic E-state index is 0.507. The van der Waals surface area contributed by atoms with Gasteiger partial charge < -0.3 is 10.1 Å². The van der Waals surface area contributed by atoms with Crippen LogP contribution in [0.1, 0.15) is 56.2 Å². The number of fused-ring (bicyclic) bond motifs is 1. The molecule has 0 bridgehead atoms. The second kappa shape index (κ2) is 6.79. The molecule has 2 heteroatoms. The smallest absolute Gasteiger partial charge is 0.122 e. The third kappa shape index (κ3) is 3.05. The molecule has 0 spiro atoms. The highest BCUT2D eigenvalue weighted by atomic mass is 16.5. The van der Waals surface area contributed by atoms with Crippen LogP contribution in [0.5, 0.6) is 5.75 Å². The third-order valence-electron chi connectivity index (χ3n) is 3.82. The van der Waals surface area contributed by atoms with Gasteiger partial charge in [-0.05, 0) is 49.9 Å². The van der Waals surface area contributed by atoms with E-state index in [-0.39, 0.29) is 0 Å². The molecule has 1 aromatic rings. The molecule has 0 aliphatic heterocycles. The zero-order valence-corrected chi connectivity index (χ0v) is 11.7. The molecule has 2 nitrogen and oxygen atoms in total. The van der Waals surface area contributed by atoms with Gasteiger partial charge in [-0.3, -0.25) is 0 Å². The van der Waals surface area contributed by atoms with Crippen LogP contribution < -0.4 is 10.1 Å². The van der Waals surface area contributed by atoms with Crippen molar-refractivity contribution in [3.05, 3.63) is 29.3 Å². The summed E-state index contributed by atoms with van der Waals surface area (Å²) in [6.45, 7) is 3.08. The highest BCUT2D eigenvalue weighted by molar-refractivity contribution is 5.43. The summed E-state index contributed by atoms with van der Waals surface area (Å²) in [5.74, 6) is 1.11. The summed E-state index contributed by atoms with van der Waals surface area (Å²) in [6.07, 6.45) is 7.33. The first kappa shape index (κ1) is 13.4. The quantitative estimate of drug-likeness (QED) is 0.771. The van der Waals surface area contributed by atoms with Crippen LogP contribution in [0.25, 0.3) is 0 Å². The predicted molar refractivity (Wildman–Crippen MR) is 76.2 cm³/mol. The molecule has 1 atom stereocenters. The normalized spacial score (nSPS) is 18.4. The van der Waals surface area contributed by atoms with Crippen LogP contribution in [0.3, 0.4) is 0 Å². The Balaban J connectivity index is 2.07. The molecule has 0 amide bonds. The van der Waals surface area contributed by atoms with Crippen molar-refractivity contribution < 1.29 is 4.74 Å². The average molecular weight is 247 g/mol. The number of hydrogen-bond donors (Lipinski definition) is 1. The zero-order chi connectivity index (χ0) is 12.8. The molecule has 0 fully saturated rings. The van der Waals surface area contributed by atoms with E-state index in [0.29, 0.717) is 6.04 Å². The number of ether oxygens (including phenoxy) is 1. The van der Waals surface area contributed by atoms with Gasteiger partial charge in [-0.1, -0.05) is 31.9 Å². The molecule has 0 heterocycles. The fourth-order valence-electron chi connectivity index (χ4n) is 2.78. The lowest BCUT2D eigenvalue weighted by Gasteiger charge is -2.26. The molecule has 1 N–H and O–H groups in total. The van der Waals surface area contributed by atoms with E-state index in [1.54, 1.807) is 0 Å². The summed E-state index contributed by atoms with van der Waals surface area (Å²) >= 11 is 0.